The van der Waals surface area contributed by atoms with Crippen molar-refractivity contribution in [2.45, 2.75) is 11.2 Å². The smallest absolute Gasteiger partial charge is 0.231 e. The Bertz CT molecular complexity index is 733. The molecule has 2 aliphatic rings. The molecule has 3 atom stereocenters. The molecule has 120 valence electrons. The predicted molar refractivity (Wildman–Crippen MR) is 85.0 cm³/mol. The van der Waals surface area contributed by atoms with E-state index in [9.17, 15) is 8.42 Å². The first kappa shape index (κ1) is 15.5. The van der Waals surface area contributed by atoms with Crippen LogP contribution in [-0.2, 0) is 14.6 Å². The van der Waals surface area contributed by atoms with Crippen molar-refractivity contribution in [2.24, 2.45) is 11.1 Å². The lowest BCUT2D eigenvalue weighted by atomic mass is 9.99. The maximum absolute atomic E-state index is 12.2. The summed E-state index contributed by atoms with van der Waals surface area (Å²) in [6, 6.07) is 5.39. The van der Waals surface area contributed by atoms with Crippen LogP contribution in [0.3, 0.4) is 0 Å². The molecule has 1 saturated carbocycles. The van der Waals surface area contributed by atoms with Crippen LogP contribution in [0.15, 0.2) is 18.2 Å². The van der Waals surface area contributed by atoms with Gasteiger partial charge in [0.25, 0.3) is 0 Å². The average molecular weight is 343 g/mol. The second kappa shape index (κ2) is 5.07. The summed E-state index contributed by atoms with van der Waals surface area (Å²) >= 11 is 5.16. The molecule has 0 bridgehead atoms. The van der Waals surface area contributed by atoms with E-state index in [0.717, 1.165) is 5.56 Å². The summed E-state index contributed by atoms with van der Waals surface area (Å²) < 4.78 is 40.2. The number of ether oxygens (including phenoxy) is 3. The Hall–Kier alpha value is -1.38. The molecule has 6 nitrogen and oxygen atoms in total. The van der Waals surface area contributed by atoms with E-state index >= 15 is 0 Å². The van der Waals surface area contributed by atoms with Gasteiger partial charge in [-0.3, -0.25) is 0 Å². The van der Waals surface area contributed by atoms with Gasteiger partial charge in [-0.1, -0.05) is 18.3 Å². The lowest BCUT2D eigenvalue weighted by Gasteiger charge is -2.15. The van der Waals surface area contributed by atoms with Crippen LogP contribution in [-0.4, -0.2) is 45.4 Å². The van der Waals surface area contributed by atoms with Crippen molar-refractivity contribution in [3.63, 3.8) is 0 Å². The number of rotatable bonds is 5. The fourth-order valence-electron chi connectivity index (χ4n) is 3.39. The van der Waals surface area contributed by atoms with E-state index in [-0.39, 0.29) is 24.3 Å². The molecule has 22 heavy (non-hydrogen) atoms. The van der Waals surface area contributed by atoms with Crippen LogP contribution >= 0.6 is 12.2 Å². The summed E-state index contributed by atoms with van der Waals surface area (Å²) in [6.07, 6.45) is 1.20. The Balaban J connectivity index is 2.06. The van der Waals surface area contributed by atoms with Gasteiger partial charge in [-0.05, 0) is 17.7 Å². The highest BCUT2D eigenvalue weighted by Crippen LogP contribution is 2.63. The van der Waals surface area contributed by atoms with Crippen molar-refractivity contribution in [3.05, 3.63) is 23.8 Å². The zero-order valence-electron chi connectivity index (χ0n) is 12.2. The molecule has 1 aliphatic carbocycles. The summed E-state index contributed by atoms with van der Waals surface area (Å²) in [7, 11) is -1.83. The number of fused-ring (bicyclic) bond motifs is 1. The molecule has 1 heterocycles. The van der Waals surface area contributed by atoms with Crippen LogP contribution in [0.25, 0.3) is 0 Å². The Kier molecular flexibility index (Phi) is 3.58. The second-order valence-corrected chi connectivity index (χ2v) is 8.28. The molecule has 1 aromatic rings. The number of thiocarbonyl (C=S) groups is 1. The van der Waals surface area contributed by atoms with Crippen LogP contribution in [0, 0.1) is 5.41 Å². The monoisotopic (exact) mass is 343 g/mol. The molecule has 0 spiro atoms. The summed E-state index contributed by atoms with van der Waals surface area (Å²) in [5.74, 6) is 0.910. The van der Waals surface area contributed by atoms with Gasteiger partial charge in [0.05, 0.1) is 22.3 Å². The fraction of sp³-hybridized carbons (Fsp3) is 0.500. The normalized spacial score (nSPS) is 29.4. The van der Waals surface area contributed by atoms with Crippen LogP contribution in [0.5, 0.6) is 11.5 Å². The second-order valence-electron chi connectivity index (χ2n) is 5.68. The third kappa shape index (κ3) is 2.17. The van der Waals surface area contributed by atoms with Crippen molar-refractivity contribution in [1.29, 1.82) is 0 Å². The van der Waals surface area contributed by atoms with Crippen molar-refractivity contribution in [3.8, 4) is 11.5 Å². The van der Waals surface area contributed by atoms with Gasteiger partial charge in [-0.2, -0.15) is 0 Å². The Morgan fingerprint density at radius 3 is 2.73 bits per heavy atom. The third-order valence-corrected chi connectivity index (χ3v) is 6.31. The number of nitrogens with two attached hydrogens (primary N) is 1. The SMILES string of the molecule is COC[C@@]1(C(N)=S)[C@H](S(C)(=O)=O)[C@@H]1c1ccc2c(c1)OCO2. The molecule has 1 aliphatic heterocycles. The highest BCUT2D eigenvalue weighted by Gasteiger charge is 2.72. The lowest BCUT2D eigenvalue weighted by molar-refractivity contribution is 0.166. The molecule has 3 rings (SSSR count). The Morgan fingerprint density at radius 2 is 2.14 bits per heavy atom. The summed E-state index contributed by atoms with van der Waals surface area (Å²) in [5.41, 5.74) is 5.82. The van der Waals surface area contributed by atoms with Gasteiger partial charge in [0.2, 0.25) is 6.79 Å². The minimum atomic E-state index is -3.34. The van der Waals surface area contributed by atoms with Crippen LogP contribution in [0.1, 0.15) is 11.5 Å². The number of hydrogen-bond acceptors (Lipinski definition) is 6. The fourth-order valence-corrected chi connectivity index (χ4v) is 5.70. The maximum Gasteiger partial charge on any atom is 0.231 e. The minimum Gasteiger partial charge on any atom is -0.454 e. The largest absolute Gasteiger partial charge is 0.454 e. The molecule has 0 aromatic heterocycles. The Morgan fingerprint density at radius 1 is 1.45 bits per heavy atom. The first-order valence-corrected chi connectivity index (χ1v) is 9.06. The number of sulfone groups is 1. The van der Waals surface area contributed by atoms with Gasteiger partial charge in [0, 0.05) is 19.3 Å². The Labute approximate surface area is 134 Å². The van der Waals surface area contributed by atoms with Crippen molar-refractivity contribution in [2.75, 3.05) is 26.8 Å². The minimum absolute atomic E-state index is 0.160. The first-order valence-electron chi connectivity index (χ1n) is 6.69. The topological polar surface area (TPSA) is 87.9 Å². The van der Waals surface area contributed by atoms with Gasteiger partial charge in [0.1, 0.15) is 0 Å². The van der Waals surface area contributed by atoms with Crippen LogP contribution < -0.4 is 15.2 Å². The lowest BCUT2D eigenvalue weighted by Crippen LogP contribution is -2.32. The van der Waals surface area contributed by atoms with Gasteiger partial charge >= 0.3 is 0 Å². The van der Waals surface area contributed by atoms with Gasteiger partial charge < -0.3 is 19.9 Å². The van der Waals surface area contributed by atoms with Crippen LogP contribution in [0.4, 0.5) is 0 Å². The molecule has 0 amide bonds. The van der Waals surface area contributed by atoms with Gasteiger partial charge in [-0.15, -0.1) is 0 Å². The molecule has 0 unspecified atom stereocenters. The number of methoxy groups -OCH3 is 1. The third-order valence-electron chi connectivity index (χ3n) is 4.32. The summed E-state index contributed by atoms with van der Waals surface area (Å²) in [4.78, 5) is 0.160. The van der Waals surface area contributed by atoms with E-state index in [4.69, 9.17) is 32.2 Å². The standard InChI is InChI=1S/C14H17NO5S2/c1-18-6-14(13(15)21)11(12(14)22(2,16)17)8-3-4-9-10(5-8)20-7-19-9/h3-5,11-12H,6-7H2,1-2H3,(H2,15,21)/t11-,12+,14-/m0/s1. The molecule has 8 heteroatoms. The highest BCUT2D eigenvalue weighted by atomic mass is 32.2. The zero-order valence-corrected chi connectivity index (χ0v) is 13.9. The quantitative estimate of drug-likeness (QED) is 0.793. The molecular formula is C14H17NO5S2. The van der Waals surface area contributed by atoms with E-state index in [1.807, 2.05) is 6.07 Å². The van der Waals surface area contributed by atoms with Crippen molar-refractivity contribution in [1.82, 2.24) is 0 Å². The molecular weight excluding hydrogens is 326 g/mol. The van der Waals surface area contributed by atoms with E-state index < -0.39 is 20.5 Å². The highest BCUT2D eigenvalue weighted by molar-refractivity contribution is 7.92. The average Bonchev–Trinajstić information content (AvgIpc) is 2.91. The summed E-state index contributed by atoms with van der Waals surface area (Å²) in [6.45, 7) is 0.330. The van der Waals surface area contributed by atoms with E-state index in [1.54, 1.807) is 12.1 Å². The first-order chi connectivity index (χ1) is 10.3. The maximum atomic E-state index is 12.2. The molecule has 1 fully saturated rings. The van der Waals surface area contributed by atoms with Gasteiger partial charge in [-0.25, -0.2) is 8.42 Å². The molecule has 2 N–H and O–H groups in total. The van der Waals surface area contributed by atoms with E-state index in [1.165, 1.54) is 13.4 Å². The van der Waals surface area contributed by atoms with Crippen LogP contribution in [0.2, 0.25) is 0 Å². The van der Waals surface area contributed by atoms with Crippen molar-refractivity contribution >= 4 is 27.0 Å². The van der Waals surface area contributed by atoms with E-state index in [0.29, 0.717) is 11.5 Å². The molecule has 1 aromatic carbocycles. The number of benzene rings is 1. The van der Waals surface area contributed by atoms with Crippen molar-refractivity contribution < 1.29 is 22.6 Å². The zero-order chi connectivity index (χ0) is 16.1. The van der Waals surface area contributed by atoms with Gasteiger partial charge in [0.15, 0.2) is 21.3 Å². The number of hydrogen-bond donors (Lipinski definition) is 1. The predicted octanol–water partition coefficient (Wildman–Crippen LogP) is 0.845. The summed E-state index contributed by atoms with van der Waals surface area (Å²) in [5, 5.41) is -0.683. The molecule has 0 radical (unpaired) electrons. The molecule has 0 saturated heterocycles. The van der Waals surface area contributed by atoms with E-state index in [2.05, 4.69) is 0 Å².